The number of rotatable bonds is 2. The maximum absolute atomic E-state index is 13.6. The maximum Gasteiger partial charge on any atom is 0.138 e. The van der Waals surface area contributed by atoms with Crippen molar-refractivity contribution >= 4 is 16.7 Å². The van der Waals surface area contributed by atoms with Crippen molar-refractivity contribution in [2.24, 2.45) is 0 Å². The summed E-state index contributed by atoms with van der Waals surface area (Å²) in [6.45, 7) is -0.313. The number of benzene rings is 1. The lowest BCUT2D eigenvalue weighted by Crippen LogP contribution is -2.21. The van der Waals surface area contributed by atoms with Crippen molar-refractivity contribution in [3.05, 3.63) is 24.5 Å². The van der Waals surface area contributed by atoms with Gasteiger partial charge in [0, 0.05) is 6.42 Å². The van der Waals surface area contributed by atoms with Gasteiger partial charge in [-0.05, 0) is 12.1 Å². The molecule has 1 aliphatic heterocycles. The van der Waals surface area contributed by atoms with Crippen LogP contribution in [0.3, 0.4) is 0 Å². The van der Waals surface area contributed by atoms with Crippen molar-refractivity contribution in [3.8, 4) is 0 Å². The summed E-state index contributed by atoms with van der Waals surface area (Å²) in [5.41, 5.74) is 7.90. The summed E-state index contributed by atoms with van der Waals surface area (Å²) < 4.78 is 20.8. The smallest absolute Gasteiger partial charge is 0.138 e. The predicted octanol–water partition coefficient (Wildman–Crippen LogP) is 1.24. The molecular formula is C12H14FN3O2. The molecule has 0 saturated carbocycles. The molecule has 18 heavy (non-hydrogen) atoms. The summed E-state index contributed by atoms with van der Waals surface area (Å²) in [6.07, 6.45) is -0.542. The van der Waals surface area contributed by atoms with E-state index in [4.69, 9.17) is 15.6 Å². The number of fused-ring (bicyclic) bond motifs is 1. The van der Waals surface area contributed by atoms with E-state index in [1.807, 2.05) is 12.1 Å². The van der Waals surface area contributed by atoms with Crippen LogP contribution in [0.25, 0.3) is 11.0 Å². The van der Waals surface area contributed by atoms with Crippen molar-refractivity contribution in [3.63, 3.8) is 0 Å². The Kier molecular flexibility index (Phi) is 2.68. The highest BCUT2D eigenvalue weighted by Crippen LogP contribution is 2.33. The Morgan fingerprint density at radius 3 is 3.11 bits per heavy atom. The fourth-order valence-corrected chi connectivity index (χ4v) is 2.33. The quantitative estimate of drug-likeness (QED) is 0.787. The minimum absolute atomic E-state index is 0.214. The molecule has 6 heteroatoms. The number of hydrogen-bond acceptors (Lipinski definition) is 4. The summed E-state index contributed by atoms with van der Waals surface area (Å²) in [5.74, 6) is 0. The molecule has 0 radical (unpaired) electrons. The Labute approximate surface area is 103 Å². The van der Waals surface area contributed by atoms with E-state index >= 15 is 0 Å². The van der Waals surface area contributed by atoms with E-state index in [1.165, 1.54) is 0 Å². The Balaban J connectivity index is 1.99. The zero-order valence-corrected chi connectivity index (χ0v) is 9.66. The summed E-state index contributed by atoms with van der Waals surface area (Å²) in [5, 5.41) is 9.00. The van der Waals surface area contributed by atoms with Gasteiger partial charge in [0.15, 0.2) is 0 Å². The van der Waals surface area contributed by atoms with Gasteiger partial charge in [0.05, 0.1) is 24.1 Å². The number of halogens is 1. The third kappa shape index (κ3) is 1.65. The molecule has 1 aromatic heterocycles. The highest BCUT2D eigenvalue weighted by Gasteiger charge is 2.36. The lowest BCUT2D eigenvalue weighted by Gasteiger charge is -2.13. The van der Waals surface area contributed by atoms with Crippen molar-refractivity contribution in [1.29, 1.82) is 0 Å². The number of nitrogens with zero attached hydrogens (tertiary/aromatic N) is 2. The highest BCUT2D eigenvalue weighted by atomic mass is 19.1. The third-order valence-corrected chi connectivity index (χ3v) is 3.29. The molecule has 1 aromatic carbocycles. The van der Waals surface area contributed by atoms with Crippen LogP contribution in [0, 0.1) is 0 Å². The van der Waals surface area contributed by atoms with Gasteiger partial charge in [-0.2, -0.15) is 0 Å². The first-order valence-electron chi connectivity index (χ1n) is 5.82. The van der Waals surface area contributed by atoms with Gasteiger partial charge in [-0.1, -0.05) is 6.07 Å². The van der Waals surface area contributed by atoms with E-state index in [1.54, 1.807) is 17.0 Å². The fraction of sp³-hybridized carbons (Fsp3) is 0.417. The number of aromatic nitrogens is 2. The Hall–Kier alpha value is -1.66. The number of para-hydroxylation sites is 1. The number of nitrogen functional groups attached to an aromatic ring is 1. The molecule has 0 amide bonds. The van der Waals surface area contributed by atoms with E-state index < -0.39 is 18.5 Å². The van der Waals surface area contributed by atoms with Crippen LogP contribution < -0.4 is 5.73 Å². The third-order valence-electron chi connectivity index (χ3n) is 3.29. The molecule has 3 rings (SSSR count). The van der Waals surface area contributed by atoms with Crippen molar-refractivity contribution in [2.45, 2.75) is 24.9 Å². The second-order valence-corrected chi connectivity index (χ2v) is 4.43. The summed E-state index contributed by atoms with van der Waals surface area (Å²) >= 11 is 0. The molecule has 0 bridgehead atoms. The van der Waals surface area contributed by atoms with Crippen molar-refractivity contribution in [2.75, 3.05) is 12.3 Å². The van der Waals surface area contributed by atoms with Gasteiger partial charge in [0.1, 0.15) is 24.0 Å². The fourth-order valence-electron chi connectivity index (χ4n) is 2.33. The highest BCUT2D eigenvalue weighted by molar-refractivity contribution is 5.87. The number of alkyl halides is 1. The van der Waals surface area contributed by atoms with E-state index in [9.17, 15) is 4.39 Å². The van der Waals surface area contributed by atoms with Gasteiger partial charge >= 0.3 is 0 Å². The molecule has 5 nitrogen and oxygen atoms in total. The SMILES string of the molecule is Nc1cccc2c1ncn2[C@@H]1CC(F)[C@@H](CO)O1. The lowest BCUT2D eigenvalue weighted by atomic mass is 10.2. The first kappa shape index (κ1) is 11.4. The number of aliphatic hydroxyl groups is 1. The molecule has 3 N–H and O–H groups in total. The molecule has 1 unspecified atom stereocenters. The van der Waals surface area contributed by atoms with Crippen LogP contribution in [0.1, 0.15) is 12.6 Å². The Morgan fingerprint density at radius 1 is 1.56 bits per heavy atom. The molecule has 3 atom stereocenters. The van der Waals surface area contributed by atoms with Crippen LogP contribution in [0.4, 0.5) is 10.1 Å². The molecule has 1 saturated heterocycles. The summed E-state index contributed by atoms with van der Waals surface area (Å²) in [6, 6.07) is 5.45. The topological polar surface area (TPSA) is 73.3 Å². The average molecular weight is 251 g/mol. The zero-order chi connectivity index (χ0) is 12.7. The van der Waals surface area contributed by atoms with Crippen LogP contribution >= 0.6 is 0 Å². The van der Waals surface area contributed by atoms with Crippen LogP contribution in [0.15, 0.2) is 24.5 Å². The van der Waals surface area contributed by atoms with Gasteiger partial charge in [-0.15, -0.1) is 0 Å². The Bertz CT molecular complexity index is 571. The normalized spacial score (nSPS) is 28.0. The average Bonchev–Trinajstić information content (AvgIpc) is 2.93. The van der Waals surface area contributed by atoms with E-state index in [0.717, 1.165) is 5.52 Å². The summed E-state index contributed by atoms with van der Waals surface area (Å²) in [4.78, 5) is 4.21. The van der Waals surface area contributed by atoms with Crippen LogP contribution in [-0.2, 0) is 4.74 Å². The van der Waals surface area contributed by atoms with Crippen LogP contribution in [0.2, 0.25) is 0 Å². The largest absolute Gasteiger partial charge is 0.397 e. The molecule has 1 fully saturated rings. The van der Waals surface area contributed by atoms with Crippen LogP contribution in [-0.4, -0.2) is 33.5 Å². The van der Waals surface area contributed by atoms with Gasteiger partial charge < -0.3 is 20.1 Å². The summed E-state index contributed by atoms with van der Waals surface area (Å²) in [7, 11) is 0. The predicted molar refractivity (Wildman–Crippen MR) is 64.7 cm³/mol. The lowest BCUT2D eigenvalue weighted by molar-refractivity contribution is -0.0321. The number of imidazole rings is 1. The number of anilines is 1. The van der Waals surface area contributed by atoms with E-state index in [2.05, 4.69) is 4.98 Å². The molecule has 1 aliphatic rings. The van der Waals surface area contributed by atoms with Gasteiger partial charge in [0.25, 0.3) is 0 Å². The standard InChI is InChI=1S/C12H14FN3O2/c13-7-4-11(18-10(7)5-17)16-6-15-12-8(14)2-1-3-9(12)16/h1-3,6-7,10-11,17H,4-5,14H2/t7?,10-,11+/m1/s1. The van der Waals surface area contributed by atoms with Crippen molar-refractivity contribution < 1.29 is 14.2 Å². The molecular weight excluding hydrogens is 237 g/mol. The number of ether oxygens (including phenoxy) is 1. The van der Waals surface area contributed by atoms with Gasteiger partial charge in [0.2, 0.25) is 0 Å². The molecule has 0 aliphatic carbocycles. The number of hydrogen-bond donors (Lipinski definition) is 2. The monoisotopic (exact) mass is 251 g/mol. The maximum atomic E-state index is 13.6. The van der Waals surface area contributed by atoms with Crippen molar-refractivity contribution in [1.82, 2.24) is 9.55 Å². The van der Waals surface area contributed by atoms with E-state index in [-0.39, 0.29) is 13.0 Å². The minimum Gasteiger partial charge on any atom is -0.397 e. The first-order chi connectivity index (χ1) is 8.70. The minimum atomic E-state index is -1.15. The van der Waals surface area contributed by atoms with Gasteiger partial charge in [-0.3, -0.25) is 0 Å². The van der Waals surface area contributed by atoms with Crippen LogP contribution in [0.5, 0.6) is 0 Å². The second-order valence-electron chi connectivity index (χ2n) is 4.43. The van der Waals surface area contributed by atoms with Gasteiger partial charge in [-0.25, -0.2) is 9.37 Å². The number of aliphatic hydroxyl groups excluding tert-OH is 1. The Morgan fingerprint density at radius 2 is 2.39 bits per heavy atom. The molecule has 96 valence electrons. The zero-order valence-electron chi connectivity index (χ0n) is 9.66. The van der Waals surface area contributed by atoms with E-state index in [0.29, 0.717) is 11.2 Å². The molecule has 2 aromatic rings. The second kappa shape index (κ2) is 4.22. The molecule has 2 heterocycles. The molecule has 0 spiro atoms. The number of nitrogens with two attached hydrogens (primary N) is 1. The first-order valence-corrected chi connectivity index (χ1v) is 5.82.